The van der Waals surface area contributed by atoms with Gasteiger partial charge >= 0.3 is 0 Å². The third-order valence-electron chi connectivity index (χ3n) is 6.76. The second kappa shape index (κ2) is 6.47. The maximum Gasteiger partial charge on any atom is 0.287 e. The lowest BCUT2D eigenvalue weighted by molar-refractivity contribution is -0.662. The van der Waals surface area contributed by atoms with Crippen molar-refractivity contribution in [2.24, 2.45) is 7.05 Å². The number of benzene rings is 2. The fraction of sp³-hybridized carbons (Fsp3) is 0.269. The van der Waals surface area contributed by atoms with E-state index in [1.165, 1.54) is 49.4 Å². The Bertz CT molecular complexity index is 1520. The average molecular weight is 426 g/mol. The molecular weight excluding hydrogens is 400 g/mol. The summed E-state index contributed by atoms with van der Waals surface area (Å²) in [5, 5.41) is 2.28. The number of aryl methyl sites for hydroxylation is 2. The fourth-order valence-corrected chi connectivity index (χ4v) is 6.22. The van der Waals surface area contributed by atoms with E-state index < -0.39 is 0 Å². The Morgan fingerprint density at radius 2 is 1.90 bits per heavy atom. The normalized spacial score (nSPS) is 12.8. The van der Waals surface area contributed by atoms with Gasteiger partial charge in [0, 0.05) is 17.5 Å². The summed E-state index contributed by atoms with van der Waals surface area (Å²) in [6.07, 6.45) is 2.86. The van der Waals surface area contributed by atoms with Crippen molar-refractivity contribution in [2.75, 3.05) is 0 Å². The first-order valence-corrected chi connectivity index (χ1v) is 11.7. The Labute approximate surface area is 185 Å². The van der Waals surface area contributed by atoms with E-state index in [1.807, 2.05) is 17.7 Å². The van der Waals surface area contributed by atoms with Crippen LogP contribution in [0, 0.1) is 13.8 Å². The molecule has 0 amide bonds. The minimum absolute atomic E-state index is 0.460. The number of fused-ring (bicyclic) bond motifs is 6. The van der Waals surface area contributed by atoms with Crippen LogP contribution >= 0.6 is 11.3 Å². The molecule has 0 saturated heterocycles. The Morgan fingerprint density at radius 1 is 1.10 bits per heavy atom. The second-order valence-corrected chi connectivity index (χ2v) is 9.82. The highest BCUT2D eigenvalue weighted by Crippen LogP contribution is 2.40. The number of hydrogen-bond acceptors (Lipinski definition) is 3. The van der Waals surface area contributed by atoms with Crippen LogP contribution in [0.2, 0.25) is 0 Å². The molecule has 154 valence electrons. The van der Waals surface area contributed by atoms with Crippen molar-refractivity contribution < 1.29 is 4.57 Å². The number of para-hydroxylation sites is 1. The Hall–Kier alpha value is -3.05. The number of rotatable bonds is 2. The first kappa shape index (κ1) is 18.7. The summed E-state index contributed by atoms with van der Waals surface area (Å²) in [6.45, 7) is 8.92. The summed E-state index contributed by atoms with van der Waals surface area (Å²) in [4.78, 5) is 9.86. The van der Waals surface area contributed by atoms with Crippen LogP contribution in [0.5, 0.6) is 0 Å². The van der Waals surface area contributed by atoms with Gasteiger partial charge in [0.25, 0.3) is 6.33 Å². The summed E-state index contributed by atoms with van der Waals surface area (Å²) in [5.74, 6) is 1.60. The molecule has 0 saturated carbocycles. The van der Waals surface area contributed by atoms with Gasteiger partial charge in [-0.05, 0) is 59.0 Å². The quantitative estimate of drug-likeness (QED) is 0.330. The third-order valence-corrected chi connectivity index (χ3v) is 7.76. The summed E-state index contributed by atoms with van der Waals surface area (Å²) in [5.41, 5.74) is 12.5. The van der Waals surface area contributed by atoms with Gasteiger partial charge in [-0.2, -0.15) is 0 Å². The fourth-order valence-electron chi connectivity index (χ4n) is 4.95. The van der Waals surface area contributed by atoms with Crippen molar-refractivity contribution in [1.82, 2.24) is 14.5 Å². The van der Waals surface area contributed by atoms with Crippen molar-refractivity contribution in [3.8, 4) is 16.9 Å². The summed E-state index contributed by atoms with van der Waals surface area (Å²) in [7, 11) is 2.10. The lowest BCUT2D eigenvalue weighted by Crippen LogP contribution is -2.31. The number of hydrogen-bond donors (Lipinski definition) is 0. The van der Waals surface area contributed by atoms with Crippen molar-refractivity contribution in [2.45, 2.75) is 40.0 Å². The lowest BCUT2D eigenvalue weighted by atomic mass is 9.97. The van der Waals surface area contributed by atoms with Gasteiger partial charge in [0.15, 0.2) is 5.69 Å². The van der Waals surface area contributed by atoms with E-state index in [2.05, 4.69) is 79.6 Å². The molecule has 5 heteroatoms. The smallest absolute Gasteiger partial charge is 0.287 e. The van der Waals surface area contributed by atoms with Crippen molar-refractivity contribution in [3.05, 3.63) is 70.1 Å². The minimum Gasteiger partial charge on any atom is -0.296 e. The SMILES string of the molecule is Cc1c(-c2c3scc(C(C)C)c3nc[n+]2C)cc2c(nc3n2-c2ccccc2C3)c1C. The van der Waals surface area contributed by atoms with Crippen LogP contribution in [-0.2, 0) is 13.5 Å². The number of imidazole rings is 1. The summed E-state index contributed by atoms with van der Waals surface area (Å²) in [6, 6.07) is 11.0. The highest BCUT2D eigenvalue weighted by atomic mass is 32.1. The maximum absolute atomic E-state index is 5.06. The number of thiophene rings is 1. The number of aromatic nitrogens is 4. The van der Waals surface area contributed by atoms with Crippen molar-refractivity contribution in [3.63, 3.8) is 0 Å². The van der Waals surface area contributed by atoms with Crippen LogP contribution < -0.4 is 4.57 Å². The standard InChI is InChI=1S/C26H25N4S/c1-14(2)19-12-31-26-24(19)27-13-29(5)25(26)18-11-21-23(16(4)15(18)3)28-22-10-17-8-6-7-9-20(17)30(21)22/h6-9,11-14H,10H2,1-5H3/q+1. The van der Waals surface area contributed by atoms with Crippen LogP contribution in [0.25, 0.3) is 38.2 Å². The zero-order valence-corrected chi connectivity index (χ0v) is 19.3. The van der Waals surface area contributed by atoms with Gasteiger partial charge in [0.05, 0.1) is 23.8 Å². The molecule has 0 atom stereocenters. The van der Waals surface area contributed by atoms with E-state index >= 15 is 0 Å². The summed E-state index contributed by atoms with van der Waals surface area (Å²) >= 11 is 1.81. The highest BCUT2D eigenvalue weighted by Gasteiger charge is 2.27. The molecule has 0 N–H and O–H groups in total. The molecule has 0 unspecified atom stereocenters. The first-order chi connectivity index (χ1) is 15.0. The molecule has 0 aliphatic carbocycles. The zero-order valence-electron chi connectivity index (χ0n) is 18.5. The van der Waals surface area contributed by atoms with Crippen LogP contribution in [-0.4, -0.2) is 14.5 Å². The van der Waals surface area contributed by atoms with Crippen molar-refractivity contribution >= 4 is 32.6 Å². The van der Waals surface area contributed by atoms with E-state index in [-0.39, 0.29) is 0 Å². The molecule has 0 spiro atoms. The van der Waals surface area contributed by atoms with Crippen LogP contribution in [0.15, 0.2) is 42.0 Å². The molecule has 0 fully saturated rings. The molecule has 3 aromatic heterocycles. The van der Waals surface area contributed by atoms with E-state index in [4.69, 9.17) is 9.97 Å². The second-order valence-electron chi connectivity index (χ2n) is 8.94. The zero-order chi connectivity index (χ0) is 21.4. The number of nitrogens with zero attached hydrogens (tertiary/aromatic N) is 4. The Balaban J connectivity index is 1.69. The van der Waals surface area contributed by atoms with Crippen molar-refractivity contribution in [1.29, 1.82) is 0 Å². The first-order valence-electron chi connectivity index (χ1n) is 10.8. The molecule has 0 radical (unpaired) electrons. The Morgan fingerprint density at radius 3 is 2.71 bits per heavy atom. The van der Waals surface area contributed by atoms with Crippen LogP contribution in [0.1, 0.15) is 47.8 Å². The topological polar surface area (TPSA) is 34.6 Å². The lowest BCUT2D eigenvalue weighted by Gasteiger charge is -2.12. The van der Waals surface area contributed by atoms with Gasteiger partial charge < -0.3 is 0 Å². The maximum atomic E-state index is 5.06. The van der Waals surface area contributed by atoms with Crippen LogP contribution in [0.3, 0.4) is 0 Å². The molecule has 4 nitrogen and oxygen atoms in total. The van der Waals surface area contributed by atoms with E-state index in [0.29, 0.717) is 5.92 Å². The summed E-state index contributed by atoms with van der Waals surface area (Å²) < 4.78 is 5.79. The van der Waals surface area contributed by atoms with E-state index in [1.54, 1.807) is 0 Å². The monoisotopic (exact) mass is 425 g/mol. The molecule has 5 aromatic rings. The van der Waals surface area contributed by atoms with E-state index in [9.17, 15) is 0 Å². The van der Waals surface area contributed by atoms with Gasteiger partial charge in [-0.25, -0.2) is 9.55 Å². The third kappa shape index (κ3) is 2.50. The molecular formula is C26H25N4S+. The molecule has 0 bridgehead atoms. The highest BCUT2D eigenvalue weighted by molar-refractivity contribution is 7.17. The van der Waals surface area contributed by atoms with Gasteiger partial charge in [0.1, 0.15) is 10.5 Å². The molecule has 1 aliphatic heterocycles. The molecule has 6 rings (SSSR count). The predicted molar refractivity (Wildman–Crippen MR) is 127 cm³/mol. The average Bonchev–Trinajstić information content (AvgIpc) is 3.42. The molecule has 4 heterocycles. The van der Waals surface area contributed by atoms with Gasteiger partial charge in [-0.3, -0.25) is 4.57 Å². The molecule has 2 aromatic carbocycles. The van der Waals surface area contributed by atoms with Crippen LogP contribution in [0.4, 0.5) is 0 Å². The minimum atomic E-state index is 0.460. The van der Waals surface area contributed by atoms with E-state index in [0.717, 1.165) is 23.3 Å². The van der Waals surface area contributed by atoms with Gasteiger partial charge in [0.2, 0.25) is 5.52 Å². The van der Waals surface area contributed by atoms with Gasteiger partial charge in [-0.15, -0.1) is 11.3 Å². The Kier molecular flexibility index (Phi) is 3.90. The largest absolute Gasteiger partial charge is 0.296 e. The predicted octanol–water partition coefficient (Wildman–Crippen LogP) is 5.77. The molecule has 1 aliphatic rings. The molecule has 31 heavy (non-hydrogen) atoms. The van der Waals surface area contributed by atoms with Gasteiger partial charge in [-0.1, -0.05) is 32.0 Å².